The molecule has 2 aromatic rings. The molecule has 0 bridgehead atoms. The number of hydrogen-bond donors (Lipinski definition) is 1. The van der Waals surface area contributed by atoms with Crippen molar-refractivity contribution < 1.29 is 9.52 Å². The Morgan fingerprint density at radius 3 is 2.96 bits per heavy atom. The average molecular weight is 337 g/mol. The van der Waals surface area contributed by atoms with Crippen LogP contribution in [0.2, 0.25) is 0 Å². The maximum atomic E-state index is 10.6. The number of aryl methyl sites for hydroxylation is 1. The molecule has 3 rings (SSSR count). The van der Waals surface area contributed by atoms with Gasteiger partial charge in [0.1, 0.15) is 12.1 Å². The maximum absolute atomic E-state index is 10.6. The van der Waals surface area contributed by atoms with Crippen molar-refractivity contribution in [2.45, 2.75) is 28.8 Å². The molecule has 0 aliphatic carbocycles. The molecule has 1 N–H and O–H groups in total. The summed E-state index contributed by atoms with van der Waals surface area (Å²) in [7, 11) is 5.88. The number of β-amino-alcohol motifs (C(OH)–C–C–N with tert-alkyl or cyclic N) is 1. The monoisotopic (exact) mass is 337 g/mol. The zero-order valence-electron chi connectivity index (χ0n) is 13.8. The molecule has 8 heteroatoms. The lowest BCUT2D eigenvalue weighted by atomic mass is 10.0. The first-order chi connectivity index (χ1) is 10.9. The van der Waals surface area contributed by atoms with Crippen molar-refractivity contribution >= 4 is 11.8 Å². The predicted molar refractivity (Wildman–Crippen MR) is 87.2 cm³/mol. The van der Waals surface area contributed by atoms with E-state index in [0.717, 1.165) is 35.5 Å². The number of aliphatic hydroxyl groups is 1. The van der Waals surface area contributed by atoms with Crippen molar-refractivity contribution in [3.63, 3.8) is 0 Å². The first-order valence-corrected chi connectivity index (χ1v) is 8.45. The lowest BCUT2D eigenvalue weighted by Gasteiger charge is -2.26. The second-order valence-corrected chi connectivity index (χ2v) is 7.44. The minimum Gasteiger partial charge on any atom is -0.453 e. The van der Waals surface area contributed by atoms with Crippen molar-refractivity contribution in [2.75, 3.05) is 33.7 Å². The second kappa shape index (κ2) is 6.64. The molecule has 23 heavy (non-hydrogen) atoms. The van der Waals surface area contributed by atoms with Crippen LogP contribution in [0.4, 0.5) is 0 Å². The van der Waals surface area contributed by atoms with Gasteiger partial charge in [-0.3, -0.25) is 4.90 Å². The van der Waals surface area contributed by atoms with Gasteiger partial charge in [-0.1, -0.05) is 0 Å². The van der Waals surface area contributed by atoms with Crippen LogP contribution >= 0.6 is 11.8 Å². The van der Waals surface area contributed by atoms with Gasteiger partial charge in [-0.25, -0.2) is 0 Å². The topological polar surface area (TPSA) is 70.6 Å². The smallest absolute Gasteiger partial charge is 0.198 e. The van der Waals surface area contributed by atoms with Crippen LogP contribution in [0.1, 0.15) is 12.2 Å². The van der Waals surface area contributed by atoms with E-state index in [-0.39, 0.29) is 0 Å². The molecule has 2 aromatic heterocycles. The summed E-state index contributed by atoms with van der Waals surface area (Å²) in [6.07, 6.45) is 2.47. The normalized spacial score (nSPS) is 22.3. The Balaban J connectivity index is 1.57. The molecule has 1 aliphatic heterocycles. The van der Waals surface area contributed by atoms with Gasteiger partial charge in [0.2, 0.25) is 0 Å². The minimum absolute atomic E-state index is 0.619. The fourth-order valence-electron chi connectivity index (χ4n) is 2.97. The van der Waals surface area contributed by atoms with E-state index in [1.807, 2.05) is 42.7 Å². The average Bonchev–Trinajstić information content (AvgIpc) is 3.14. The van der Waals surface area contributed by atoms with E-state index < -0.39 is 5.60 Å². The summed E-state index contributed by atoms with van der Waals surface area (Å²) in [5, 5.41) is 20.1. The van der Waals surface area contributed by atoms with Crippen LogP contribution in [-0.4, -0.2) is 69.0 Å². The Kier molecular flexibility index (Phi) is 4.77. The number of nitrogens with zero attached hydrogens (tertiary/aromatic N) is 5. The third-order valence-electron chi connectivity index (χ3n) is 3.90. The molecule has 126 valence electrons. The van der Waals surface area contributed by atoms with Crippen molar-refractivity contribution in [2.24, 2.45) is 7.05 Å². The number of furan rings is 1. The van der Waals surface area contributed by atoms with Crippen LogP contribution in [0.3, 0.4) is 0 Å². The van der Waals surface area contributed by atoms with Crippen LogP contribution in [0.25, 0.3) is 0 Å². The van der Waals surface area contributed by atoms with Gasteiger partial charge in [0.25, 0.3) is 0 Å². The Morgan fingerprint density at radius 1 is 1.43 bits per heavy atom. The lowest BCUT2D eigenvalue weighted by molar-refractivity contribution is 0.0234. The number of hydrogen-bond acceptors (Lipinski definition) is 7. The van der Waals surface area contributed by atoms with Gasteiger partial charge in [0, 0.05) is 26.7 Å². The molecular formula is C15H23N5O2S. The van der Waals surface area contributed by atoms with Crippen molar-refractivity contribution in [1.82, 2.24) is 24.6 Å². The molecular weight excluding hydrogens is 314 g/mol. The van der Waals surface area contributed by atoms with Crippen LogP contribution in [0, 0.1) is 0 Å². The zero-order valence-corrected chi connectivity index (χ0v) is 14.6. The highest BCUT2D eigenvalue weighted by atomic mass is 32.2. The van der Waals surface area contributed by atoms with Crippen LogP contribution in [0.5, 0.6) is 0 Å². The summed E-state index contributed by atoms with van der Waals surface area (Å²) in [6, 6.07) is 3.94. The summed E-state index contributed by atoms with van der Waals surface area (Å²) in [5.41, 5.74) is -0.619. The molecule has 0 spiro atoms. The molecule has 0 aromatic carbocycles. The molecule has 0 saturated carbocycles. The van der Waals surface area contributed by atoms with E-state index in [9.17, 15) is 5.11 Å². The van der Waals surface area contributed by atoms with Crippen molar-refractivity contribution in [1.29, 1.82) is 0 Å². The summed E-state index contributed by atoms with van der Waals surface area (Å²) >= 11 is 1.46. The molecule has 7 nitrogen and oxygen atoms in total. The Hall–Kier alpha value is -1.35. The highest BCUT2D eigenvalue weighted by Crippen LogP contribution is 2.29. The number of likely N-dealkylation sites (tertiary alicyclic amines) is 1. The lowest BCUT2D eigenvalue weighted by Crippen LogP contribution is -2.42. The Labute approximate surface area is 140 Å². The molecule has 0 unspecified atom stereocenters. The van der Waals surface area contributed by atoms with Gasteiger partial charge in [0.15, 0.2) is 10.2 Å². The number of rotatable bonds is 6. The summed E-state index contributed by atoms with van der Waals surface area (Å²) in [5.74, 6) is 0.906. The third-order valence-corrected chi connectivity index (χ3v) is 4.87. The van der Waals surface area contributed by atoms with Gasteiger partial charge < -0.3 is 19.0 Å². The van der Waals surface area contributed by atoms with E-state index in [0.29, 0.717) is 13.1 Å². The largest absolute Gasteiger partial charge is 0.453 e. The minimum atomic E-state index is -0.619. The van der Waals surface area contributed by atoms with Crippen LogP contribution in [-0.2, 0) is 13.6 Å². The maximum Gasteiger partial charge on any atom is 0.198 e. The number of likely N-dealkylation sites (N-methyl/N-ethyl adjacent to an activating group) is 1. The molecule has 1 aliphatic rings. The zero-order chi connectivity index (χ0) is 16.4. The van der Waals surface area contributed by atoms with Crippen molar-refractivity contribution in [3.05, 3.63) is 24.2 Å². The van der Waals surface area contributed by atoms with E-state index in [4.69, 9.17) is 4.42 Å². The molecule has 1 atom stereocenters. The molecule has 0 amide bonds. The highest BCUT2D eigenvalue weighted by molar-refractivity contribution is 7.99. The Morgan fingerprint density at radius 2 is 2.26 bits per heavy atom. The first-order valence-electron chi connectivity index (χ1n) is 7.64. The van der Waals surface area contributed by atoms with Gasteiger partial charge in [-0.05, 0) is 44.4 Å². The van der Waals surface area contributed by atoms with Crippen LogP contribution in [0.15, 0.2) is 33.1 Å². The third kappa shape index (κ3) is 4.14. The standard InChI is InChI=1S/C15H23N5O2S/c1-18(2)9-15(21)6-7-20(10-15)8-12-4-5-13(22-12)23-14-17-16-11-19(14)3/h4-5,11,21H,6-10H2,1-3H3/t15-/m1/s1. The highest BCUT2D eigenvalue weighted by Gasteiger charge is 2.36. The van der Waals surface area contributed by atoms with Gasteiger partial charge >= 0.3 is 0 Å². The molecule has 0 radical (unpaired) electrons. The van der Waals surface area contributed by atoms with E-state index in [2.05, 4.69) is 15.1 Å². The van der Waals surface area contributed by atoms with E-state index in [1.165, 1.54) is 11.8 Å². The summed E-state index contributed by atoms with van der Waals surface area (Å²) in [6.45, 7) is 2.97. The Bertz CT molecular complexity index is 656. The fourth-order valence-corrected chi connectivity index (χ4v) is 3.71. The quantitative estimate of drug-likeness (QED) is 0.845. The van der Waals surface area contributed by atoms with Gasteiger partial charge in [-0.15, -0.1) is 10.2 Å². The summed E-state index contributed by atoms with van der Waals surface area (Å²) < 4.78 is 7.73. The first kappa shape index (κ1) is 16.5. The second-order valence-electron chi connectivity index (χ2n) is 6.47. The fraction of sp³-hybridized carbons (Fsp3) is 0.600. The van der Waals surface area contributed by atoms with Gasteiger partial charge in [-0.2, -0.15) is 0 Å². The number of aromatic nitrogens is 3. The summed E-state index contributed by atoms with van der Waals surface area (Å²) in [4.78, 5) is 4.27. The van der Waals surface area contributed by atoms with E-state index >= 15 is 0 Å². The predicted octanol–water partition coefficient (Wildman–Crippen LogP) is 1.06. The SMILES string of the molecule is CN(C)C[C@]1(O)CCN(Cc2ccc(Sc3nncn3C)o2)C1. The molecule has 1 fully saturated rings. The van der Waals surface area contributed by atoms with Crippen LogP contribution < -0.4 is 0 Å². The van der Waals surface area contributed by atoms with Crippen molar-refractivity contribution in [3.8, 4) is 0 Å². The molecule has 3 heterocycles. The van der Waals surface area contributed by atoms with E-state index in [1.54, 1.807) is 6.33 Å². The van der Waals surface area contributed by atoms with Gasteiger partial charge in [0.05, 0.1) is 12.1 Å². The molecule has 1 saturated heterocycles.